The fourth-order valence-corrected chi connectivity index (χ4v) is 8.29. The summed E-state index contributed by atoms with van der Waals surface area (Å²) in [6, 6.07) is 72.2. The summed E-state index contributed by atoms with van der Waals surface area (Å²) in [5.74, 6) is 1.76. The van der Waals surface area contributed by atoms with Crippen LogP contribution in [0.5, 0.6) is 11.5 Å². The molecule has 0 bridgehead atoms. The molecule has 2 heteroatoms. The molecule has 0 aliphatic carbocycles. The molecular weight excluding hydrogens is 619 g/mol. The van der Waals surface area contributed by atoms with Crippen LogP contribution in [0.2, 0.25) is 0 Å². The third-order valence-corrected chi connectivity index (χ3v) is 10.5. The smallest absolute Gasteiger partial charge is 0.132 e. The summed E-state index contributed by atoms with van der Waals surface area (Å²) in [6.45, 7) is 0. The fraction of sp³-hybridized carbons (Fsp3) is 0.0204. The van der Waals surface area contributed by atoms with Crippen molar-refractivity contribution in [1.29, 1.82) is 0 Å². The van der Waals surface area contributed by atoms with Crippen molar-refractivity contribution in [2.75, 3.05) is 4.90 Å². The number of ether oxygens (including phenoxy) is 1. The van der Waals surface area contributed by atoms with Crippen molar-refractivity contribution in [2.45, 2.75) is 5.41 Å². The number of para-hydroxylation sites is 3. The van der Waals surface area contributed by atoms with Gasteiger partial charge in [-0.1, -0.05) is 152 Å². The Hall–Kier alpha value is -6.64. The zero-order chi connectivity index (χ0) is 33.8. The molecule has 51 heavy (non-hydrogen) atoms. The summed E-state index contributed by atoms with van der Waals surface area (Å²) in [5.41, 5.74) is 14.7. The van der Waals surface area contributed by atoms with Crippen molar-refractivity contribution in [2.24, 2.45) is 0 Å². The van der Waals surface area contributed by atoms with Crippen LogP contribution in [0.15, 0.2) is 200 Å². The summed E-state index contributed by atoms with van der Waals surface area (Å²) in [7, 11) is 0. The average Bonchev–Trinajstić information content (AvgIpc) is 3.21. The van der Waals surface area contributed by atoms with Gasteiger partial charge in [-0.3, -0.25) is 0 Å². The lowest BCUT2D eigenvalue weighted by Crippen LogP contribution is -2.39. The highest BCUT2D eigenvalue weighted by Crippen LogP contribution is 2.63. The van der Waals surface area contributed by atoms with Gasteiger partial charge in [-0.15, -0.1) is 0 Å². The normalized spacial score (nSPS) is 13.4. The molecule has 10 rings (SSSR count). The van der Waals surface area contributed by atoms with Gasteiger partial charge < -0.3 is 9.64 Å². The van der Waals surface area contributed by atoms with Gasteiger partial charge in [0.25, 0.3) is 0 Å². The van der Waals surface area contributed by atoms with E-state index in [4.69, 9.17) is 4.74 Å². The second kappa shape index (κ2) is 11.8. The van der Waals surface area contributed by atoms with E-state index in [0.717, 1.165) is 39.7 Å². The first-order valence-corrected chi connectivity index (χ1v) is 17.5. The van der Waals surface area contributed by atoms with Gasteiger partial charge in [-0.2, -0.15) is 0 Å². The van der Waals surface area contributed by atoms with Crippen molar-refractivity contribution in [1.82, 2.24) is 0 Å². The first-order valence-electron chi connectivity index (χ1n) is 17.5. The Morgan fingerprint density at radius 2 is 0.784 bits per heavy atom. The SMILES string of the molecule is c1ccc(-c2cccc(-c3ccc4c(c3)C3(c5ccccc5Oc5ccccc53)c3ccccc3N4c3cccc(-c4ccccc4)c3)c2)cc1. The maximum absolute atomic E-state index is 6.68. The van der Waals surface area contributed by atoms with Crippen LogP contribution in [0.25, 0.3) is 33.4 Å². The van der Waals surface area contributed by atoms with Crippen LogP contribution < -0.4 is 9.64 Å². The molecule has 8 aromatic carbocycles. The van der Waals surface area contributed by atoms with Gasteiger partial charge in [0, 0.05) is 16.8 Å². The highest BCUT2D eigenvalue weighted by atomic mass is 16.5. The van der Waals surface area contributed by atoms with Crippen molar-refractivity contribution in [3.05, 3.63) is 222 Å². The summed E-state index contributed by atoms with van der Waals surface area (Å²) in [4.78, 5) is 2.45. The molecule has 240 valence electrons. The van der Waals surface area contributed by atoms with E-state index in [2.05, 4.69) is 205 Å². The number of nitrogens with zero attached hydrogens (tertiary/aromatic N) is 1. The predicted molar refractivity (Wildman–Crippen MR) is 209 cm³/mol. The van der Waals surface area contributed by atoms with Crippen LogP contribution in [0, 0.1) is 0 Å². The Morgan fingerprint density at radius 3 is 1.45 bits per heavy atom. The zero-order valence-electron chi connectivity index (χ0n) is 27.9. The maximum atomic E-state index is 6.68. The molecule has 8 aromatic rings. The number of hydrogen-bond acceptors (Lipinski definition) is 2. The van der Waals surface area contributed by atoms with Gasteiger partial charge in [0.1, 0.15) is 11.5 Å². The monoisotopic (exact) mass is 651 g/mol. The molecular formula is C49H33NO. The summed E-state index contributed by atoms with van der Waals surface area (Å²) in [5, 5.41) is 0. The van der Waals surface area contributed by atoms with Crippen molar-refractivity contribution in [3.8, 4) is 44.9 Å². The fourth-order valence-electron chi connectivity index (χ4n) is 8.29. The lowest BCUT2D eigenvalue weighted by Gasteiger charge is -2.48. The predicted octanol–water partition coefficient (Wildman–Crippen LogP) is 13.0. The summed E-state index contributed by atoms with van der Waals surface area (Å²) < 4.78 is 6.68. The number of fused-ring (bicyclic) bond motifs is 8. The van der Waals surface area contributed by atoms with Crippen LogP contribution in [0.1, 0.15) is 22.3 Å². The van der Waals surface area contributed by atoms with Crippen LogP contribution in [-0.2, 0) is 5.41 Å². The Kier molecular flexibility index (Phi) is 6.75. The molecule has 0 amide bonds. The third kappa shape index (κ3) is 4.57. The van der Waals surface area contributed by atoms with Gasteiger partial charge in [-0.05, 0) is 93.0 Å². The lowest BCUT2D eigenvalue weighted by molar-refractivity contribution is 0.434. The number of hydrogen-bond donors (Lipinski definition) is 0. The van der Waals surface area contributed by atoms with E-state index in [0.29, 0.717) is 0 Å². The summed E-state index contributed by atoms with van der Waals surface area (Å²) in [6.07, 6.45) is 0. The van der Waals surface area contributed by atoms with E-state index in [1.54, 1.807) is 0 Å². The molecule has 0 fully saturated rings. The van der Waals surface area contributed by atoms with E-state index in [-0.39, 0.29) is 0 Å². The molecule has 2 aliphatic heterocycles. The van der Waals surface area contributed by atoms with Gasteiger partial charge in [0.05, 0.1) is 16.8 Å². The highest BCUT2D eigenvalue weighted by molar-refractivity contribution is 5.93. The average molecular weight is 652 g/mol. The topological polar surface area (TPSA) is 12.5 Å². The molecule has 2 nitrogen and oxygen atoms in total. The van der Waals surface area contributed by atoms with E-state index < -0.39 is 5.41 Å². The van der Waals surface area contributed by atoms with Crippen molar-refractivity contribution < 1.29 is 4.74 Å². The highest BCUT2D eigenvalue weighted by Gasteiger charge is 2.51. The zero-order valence-corrected chi connectivity index (χ0v) is 27.9. The van der Waals surface area contributed by atoms with Crippen LogP contribution >= 0.6 is 0 Å². The third-order valence-electron chi connectivity index (χ3n) is 10.5. The first kappa shape index (κ1) is 29.3. The van der Waals surface area contributed by atoms with E-state index >= 15 is 0 Å². The van der Waals surface area contributed by atoms with Crippen LogP contribution in [0.4, 0.5) is 17.1 Å². The molecule has 0 N–H and O–H groups in total. The van der Waals surface area contributed by atoms with Crippen molar-refractivity contribution in [3.63, 3.8) is 0 Å². The Balaban J connectivity index is 1.28. The summed E-state index contributed by atoms with van der Waals surface area (Å²) >= 11 is 0. The van der Waals surface area contributed by atoms with Gasteiger partial charge in [0.2, 0.25) is 0 Å². The van der Waals surface area contributed by atoms with E-state index in [9.17, 15) is 0 Å². The quantitative estimate of drug-likeness (QED) is 0.188. The molecule has 0 radical (unpaired) electrons. The standard InChI is InChI=1S/C49H33NO/c1-3-15-34(16-4-1)36-19-13-20-37(31-36)39-29-30-46-44(33-39)49(42-24-8-11-27-47(42)51-48-28-12-9-25-43(48)49)41-23-7-10-26-45(41)50(46)40-22-14-21-38(32-40)35-17-5-2-6-18-35/h1-33H. The second-order valence-corrected chi connectivity index (χ2v) is 13.3. The first-order chi connectivity index (χ1) is 25.3. The van der Waals surface area contributed by atoms with Crippen molar-refractivity contribution >= 4 is 17.1 Å². The van der Waals surface area contributed by atoms with E-state index in [1.807, 2.05) is 0 Å². The lowest BCUT2D eigenvalue weighted by atomic mass is 9.61. The van der Waals surface area contributed by atoms with Crippen LogP contribution in [0.3, 0.4) is 0 Å². The van der Waals surface area contributed by atoms with Gasteiger partial charge in [0.15, 0.2) is 0 Å². The Labute approximate surface area is 298 Å². The Morgan fingerprint density at radius 1 is 0.314 bits per heavy atom. The minimum absolute atomic E-state index is 0.627. The van der Waals surface area contributed by atoms with E-state index in [1.165, 1.54) is 44.5 Å². The van der Waals surface area contributed by atoms with Crippen LogP contribution in [-0.4, -0.2) is 0 Å². The second-order valence-electron chi connectivity index (χ2n) is 13.3. The molecule has 2 heterocycles. The molecule has 2 aliphatic rings. The number of rotatable bonds is 4. The molecule has 0 atom stereocenters. The minimum Gasteiger partial charge on any atom is -0.457 e. The largest absolute Gasteiger partial charge is 0.457 e. The van der Waals surface area contributed by atoms with Gasteiger partial charge in [-0.25, -0.2) is 0 Å². The molecule has 0 unspecified atom stereocenters. The number of benzene rings is 8. The molecule has 1 spiro atoms. The minimum atomic E-state index is -0.627. The molecule has 0 saturated carbocycles. The van der Waals surface area contributed by atoms with Gasteiger partial charge >= 0.3 is 0 Å². The maximum Gasteiger partial charge on any atom is 0.132 e. The number of anilines is 3. The molecule has 0 saturated heterocycles. The molecule has 0 aromatic heterocycles. The Bertz CT molecular complexity index is 2530.